The van der Waals surface area contributed by atoms with Gasteiger partial charge in [0.2, 0.25) is 5.89 Å². The van der Waals surface area contributed by atoms with Crippen molar-refractivity contribution in [3.05, 3.63) is 41.3 Å². The molecule has 12 heteroatoms. The van der Waals surface area contributed by atoms with Crippen LogP contribution >= 0.6 is 11.6 Å². The van der Waals surface area contributed by atoms with Crippen LogP contribution in [0.2, 0.25) is 5.02 Å². The molecule has 2 saturated heterocycles. The number of carbonyl (C=O) groups is 2. The van der Waals surface area contributed by atoms with Crippen molar-refractivity contribution in [1.82, 2.24) is 29.9 Å². The number of hydrogen-bond acceptors (Lipinski definition) is 7. The summed E-state index contributed by atoms with van der Waals surface area (Å²) in [4.78, 5) is 30.7. The van der Waals surface area contributed by atoms with Crippen molar-refractivity contribution >= 4 is 29.2 Å². The SMILES string of the molecule is C[C@H]1C[C@@H]2C[C@](c3nnc(C(N)=O)o3)(C1)N2C(=O)Nc1ccc(Cl)c(-c2ncn(C)n2)c1. The largest absolute Gasteiger partial charge is 0.414 e. The lowest BCUT2D eigenvalue weighted by molar-refractivity contribution is -0.110. The molecule has 3 aliphatic rings. The van der Waals surface area contributed by atoms with Crippen molar-refractivity contribution in [2.24, 2.45) is 18.7 Å². The number of halogens is 1. The zero-order chi connectivity index (χ0) is 22.6. The Hall–Kier alpha value is -3.47. The Morgan fingerprint density at radius 1 is 1.31 bits per heavy atom. The first-order chi connectivity index (χ1) is 15.3. The number of amides is 3. The molecule has 4 heterocycles. The number of fused-ring (bicyclic) bond motifs is 2. The number of nitrogens with zero attached hydrogens (tertiary/aromatic N) is 6. The highest BCUT2D eigenvalue weighted by Crippen LogP contribution is 2.55. The van der Waals surface area contributed by atoms with Crippen molar-refractivity contribution in [1.29, 1.82) is 0 Å². The van der Waals surface area contributed by atoms with Crippen LogP contribution in [0.25, 0.3) is 11.4 Å². The van der Waals surface area contributed by atoms with E-state index < -0.39 is 11.4 Å². The Morgan fingerprint density at radius 2 is 2.12 bits per heavy atom. The molecule has 3 aromatic rings. The lowest BCUT2D eigenvalue weighted by Crippen LogP contribution is -2.70. The molecule has 0 unspecified atom stereocenters. The molecule has 1 aromatic carbocycles. The van der Waals surface area contributed by atoms with E-state index in [-0.39, 0.29) is 23.9 Å². The second-order valence-corrected chi connectivity index (χ2v) is 8.85. The molecule has 2 bridgehead atoms. The van der Waals surface area contributed by atoms with Crippen LogP contribution in [-0.2, 0) is 12.6 Å². The van der Waals surface area contributed by atoms with Gasteiger partial charge in [-0.3, -0.25) is 9.48 Å². The van der Waals surface area contributed by atoms with Crippen molar-refractivity contribution in [3.63, 3.8) is 0 Å². The van der Waals surface area contributed by atoms with Crippen LogP contribution in [0, 0.1) is 5.92 Å². The number of aryl methyl sites for hydroxylation is 1. The van der Waals surface area contributed by atoms with Crippen LogP contribution in [0.1, 0.15) is 42.8 Å². The van der Waals surface area contributed by atoms with Crippen molar-refractivity contribution in [3.8, 4) is 11.4 Å². The Kier molecular flexibility index (Phi) is 4.66. The molecule has 3 fully saturated rings. The average molecular weight is 457 g/mol. The molecule has 3 N–H and O–H groups in total. The van der Waals surface area contributed by atoms with Crippen LogP contribution in [0.3, 0.4) is 0 Å². The first-order valence-corrected chi connectivity index (χ1v) is 10.5. The van der Waals surface area contributed by atoms with Crippen LogP contribution in [0.5, 0.6) is 0 Å². The van der Waals surface area contributed by atoms with E-state index in [0.29, 0.717) is 40.9 Å². The van der Waals surface area contributed by atoms with Gasteiger partial charge in [-0.05, 0) is 37.0 Å². The van der Waals surface area contributed by atoms with Crippen LogP contribution < -0.4 is 11.1 Å². The van der Waals surface area contributed by atoms with Crippen molar-refractivity contribution in [2.45, 2.75) is 37.8 Å². The summed E-state index contributed by atoms with van der Waals surface area (Å²) in [6.45, 7) is 2.12. The zero-order valence-corrected chi connectivity index (χ0v) is 18.2. The molecule has 166 valence electrons. The van der Waals surface area contributed by atoms with Gasteiger partial charge in [-0.25, -0.2) is 9.78 Å². The van der Waals surface area contributed by atoms with E-state index in [1.165, 1.54) is 0 Å². The number of rotatable bonds is 4. The molecule has 1 saturated carbocycles. The van der Waals surface area contributed by atoms with E-state index in [0.717, 1.165) is 6.42 Å². The fourth-order valence-corrected chi connectivity index (χ4v) is 5.08. The van der Waals surface area contributed by atoms with Gasteiger partial charge in [-0.1, -0.05) is 18.5 Å². The van der Waals surface area contributed by atoms with Gasteiger partial charge in [0.1, 0.15) is 11.9 Å². The van der Waals surface area contributed by atoms with Crippen LogP contribution in [0.15, 0.2) is 28.9 Å². The van der Waals surface area contributed by atoms with Crippen LogP contribution in [0.4, 0.5) is 10.5 Å². The molecular formula is C20H21ClN8O3. The Labute approximate surface area is 187 Å². The van der Waals surface area contributed by atoms with E-state index in [1.807, 2.05) is 0 Å². The molecule has 2 aliphatic heterocycles. The Bertz CT molecular complexity index is 1220. The molecular weight excluding hydrogens is 436 g/mol. The first kappa shape index (κ1) is 20.4. The highest BCUT2D eigenvalue weighted by atomic mass is 35.5. The molecule has 0 spiro atoms. The maximum atomic E-state index is 13.3. The number of urea groups is 1. The highest BCUT2D eigenvalue weighted by molar-refractivity contribution is 6.33. The monoisotopic (exact) mass is 456 g/mol. The summed E-state index contributed by atoms with van der Waals surface area (Å²) in [5.74, 6) is -0.00306. The highest BCUT2D eigenvalue weighted by Gasteiger charge is 2.62. The zero-order valence-electron chi connectivity index (χ0n) is 17.4. The summed E-state index contributed by atoms with van der Waals surface area (Å²) in [6.07, 6.45) is 3.79. The third kappa shape index (κ3) is 3.20. The van der Waals surface area contributed by atoms with E-state index in [2.05, 4.69) is 32.5 Å². The number of hydrogen-bond donors (Lipinski definition) is 2. The van der Waals surface area contributed by atoms with Crippen LogP contribution in [-0.4, -0.2) is 47.8 Å². The number of carbonyl (C=O) groups excluding carboxylic acids is 2. The summed E-state index contributed by atoms with van der Waals surface area (Å²) in [5.41, 5.74) is 5.67. The average Bonchev–Trinajstić information content (AvgIpc) is 3.38. The van der Waals surface area contributed by atoms with Gasteiger partial charge in [-0.15, -0.1) is 10.2 Å². The van der Waals surface area contributed by atoms with Crippen molar-refractivity contribution < 1.29 is 14.0 Å². The number of nitrogens with two attached hydrogens (primary N) is 1. The van der Waals surface area contributed by atoms with Crippen molar-refractivity contribution in [2.75, 3.05) is 5.32 Å². The summed E-state index contributed by atoms with van der Waals surface area (Å²) >= 11 is 6.32. The van der Waals surface area contributed by atoms with E-state index in [9.17, 15) is 9.59 Å². The van der Waals surface area contributed by atoms with Gasteiger partial charge < -0.3 is 20.4 Å². The number of anilines is 1. The smallest absolute Gasteiger partial charge is 0.323 e. The predicted molar refractivity (Wildman–Crippen MR) is 114 cm³/mol. The van der Waals surface area contributed by atoms with E-state index in [4.69, 9.17) is 21.8 Å². The van der Waals surface area contributed by atoms with Gasteiger partial charge in [0.25, 0.3) is 0 Å². The summed E-state index contributed by atoms with van der Waals surface area (Å²) in [5, 5.41) is 15.5. The molecule has 6 rings (SSSR count). The predicted octanol–water partition coefficient (Wildman–Crippen LogP) is 2.55. The molecule has 11 nitrogen and oxygen atoms in total. The molecule has 2 aromatic heterocycles. The standard InChI is InChI=1S/C20H21ClN8O3/c1-10-5-12-8-20(7-10,18-26-25-17(32-18)15(22)30)29(12)19(31)24-11-3-4-14(21)13(6-11)16-23-9-28(2)27-16/h3-4,6,9-10,12H,5,7-8H2,1-2H3,(H2,22,30)(H,24,31)/t10-,12+,20-/m0/s1. The number of aromatic nitrogens is 5. The number of nitrogens with one attached hydrogen (secondary N) is 1. The fourth-order valence-electron chi connectivity index (χ4n) is 4.88. The minimum absolute atomic E-state index is 0.0342. The van der Waals surface area contributed by atoms with Gasteiger partial charge in [0, 0.05) is 30.8 Å². The van der Waals surface area contributed by atoms with Gasteiger partial charge in [0.15, 0.2) is 5.82 Å². The number of primary amides is 1. The Balaban J connectivity index is 1.43. The van der Waals surface area contributed by atoms with E-state index >= 15 is 0 Å². The number of piperidine rings is 1. The molecule has 3 amide bonds. The fraction of sp³-hybridized carbons (Fsp3) is 0.400. The number of benzene rings is 1. The molecule has 3 atom stereocenters. The summed E-state index contributed by atoms with van der Waals surface area (Å²) < 4.78 is 7.12. The second kappa shape index (κ2) is 7.30. The van der Waals surface area contributed by atoms with Gasteiger partial charge in [0.05, 0.1) is 5.02 Å². The lowest BCUT2D eigenvalue weighted by atomic mass is 9.64. The van der Waals surface area contributed by atoms with Gasteiger partial charge >= 0.3 is 17.8 Å². The Morgan fingerprint density at radius 3 is 2.81 bits per heavy atom. The minimum atomic E-state index is -0.798. The third-order valence-corrected chi connectivity index (χ3v) is 6.40. The maximum Gasteiger partial charge on any atom is 0.323 e. The molecule has 32 heavy (non-hydrogen) atoms. The third-order valence-electron chi connectivity index (χ3n) is 6.07. The quantitative estimate of drug-likeness (QED) is 0.613. The summed E-state index contributed by atoms with van der Waals surface area (Å²) in [7, 11) is 1.76. The maximum absolute atomic E-state index is 13.3. The molecule has 1 aliphatic carbocycles. The lowest BCUT2D eigenvalue weighted by Gasteiger charge is -2.61. The summed E-state index contributed by atoms with van der Waals surface area (Å²) in [6, 6.07) is 4.88. The minimum Gasteiger partial charge on any atom is -0.414 e. The van der Waals surface area contributed by atoms with E-state index in [1.54, 1.807) is 41.2 Å². The molecule has 0 radical (unpaired) electrons. The normalized spacial score (nSPS) is 24.2. The topological polar surface area (TPSA) is 145 Å². The van der Waals surface area contributed by atoms with Gasteiger partial charge in [-0.2, -0.15) is 5.10 Å². The second-order valence-electron chi connectivity index (χ2n) is 8.45. The first-order valence-electron chi connectivity index (χ1n) is 10.2.